The highest BCUT2D eigenvalue weighted by molar-refractivity contribution is 6.10. The second-order valence-corrected chi connectivity index (χ2v) is 6.55. The third-order valence-corrected chi connectivity index (χ3v) is 4.50. The molecule has 1 atom stereocenters. The van der Waals surface area contributed by atoms with Gasteiger partial charge in [-0.05, 0) is 43.7 Å². The molecule has 0 spiro atoms. The lowest BCUT2D eigenvalue weighted by Crippen LogP contribution is -2.42. The highest BCUT2D eigenvalue weighted by Crippen LogP contribution is 2.28. The van der Waals surface area contributed by atoms with E-state index in [1.54, 1.807) is 43.3 Å². The van der Waals surface area contributed by atoms with Crippen LogP contribution < -0.4 is 10.6 Å². The molecule has 1 fully saturated rings. The van der Waals surface area contributed by atoms with E-state index in [0.29, 0.717) is 16.8 Å². The first-order valence-corrected chi connectivity index (χ1v) is 8.35. The molecule has 3 rings (SSSR count). The van der Waals surface area contributed by atoms with Crippen LogP contribution in [-0.2, 0) is 15.1 Å². The van der Waals surface area contributed by atoms with E-state index in [4.69, 9.17) is 5.26 Å². The maximum Gasteiger partial charge on any atom is 0.325 e. The van der Waals surface area contributed by atoms with Crippen LogP contribution in [0.5, 0.6) is 0 Å². The molecular weight excluding hydrogens is 344 g/mol. The monoisotopic (exact) mass is 362 g/mol. The second-order valence-electron chi connectivity index (χ2n) is 6.55. The molecular formula is C20H18N4O3. The third kappa shape index (κ3) is 3.51. The molecule has 7 nitrogen and oxygen atoms in total. The highest BCUT2D eigenvalue weighted by Gasteiger charge is 2.49. The van der Waals surface area contributed by atoms with Crippen molar-refractivity contribution in [2.75, 3.05) is 11.9 Å². The molecule has 2 aromatic carbocycles. The lowest BCUT2D eigenvalue weighted by Gasteiger charge is -2.22. The molecule has 0 saturated carbocycles. The lowest BCUT2D eigenvalue weighted by molar-refractivity contribution is -0.133. The van der Waals surface area contributed by atoms with Crippen LogP contribution in [0, 0.1) is 18.3 Å². The molecule has 1 aliphatic heterocycles. The minimum atomic E-state index is -1.21. The van der Waals surface area contributed by atoms with Gasteiger partial charge in [0.15, 0.2) is 0 Å². The van der Waals surface area contributed by atoms with E-state index in [1.807, 2.05) is 25.1 Å². The summed E-state index contributed by atoms with van der Waals surface area (Å²) in [6, 6.07) is 15.0. The molecule has 0 aromatic heterocycles. The van der Waals surface area contributed by atoms with E-state index in [1.165, 1.54) is 0 Å². The van der Waals surface area contributed by atoms with E-state index in [9.17, 15) is 14.4 Å². The number of nitrogens with zero attached hydrogens (tertiary/aromatic N) is 2. The number of imide groups is 1. The normalized spacial score (nSPS) is 18.8. The number of nitrogens with one attached hydrogen (secondary N) is 2. The number of anilines is 1. The van der Waals surface area contributed by atoms with Crippen LogP contribution in [0.15, 0.2) is 48.5 Å². The summed E-state index contributed by atoms with van der Waals surface area (Å²) in [5.74, 6) is -0.984. The largest absolute Gasteiger partial charge is 0.325 e. The summed E-state index contributed by atoms with van der Waals surface area (Å²) in [6.45, 7) is 3.16. The molecule has 0 radical (unpaired) electrons. The van der Waals surface area contributed by atoms with E-state index in [-0.39, 0.29) is 0 Å². The van der Waals surface area contributed by atoms with E-state index in [2.05, 4.69) is 10.6 Å². The molecule has 1 aliphatic rings. The van der Waals surface area contributed by atoms with Crippen LogP contribution in [0.2, 0.25) is 0 Å². The topological polar surface area (TPSA) is 102 Å². The Morgan fingerprint density at radius 2 is 1.78 bits per heavy atom. The zero-order valence-corrected chi connectivity index (χ0v) is 14.9. The quantitative estimate of drug-likeness (QED) is 0.815. The average Bonchev–Trinajstić information content (AvgIpc) is 2.87. The molecule has 0 unspecified atom stereocenters. The van der Waals surface area contributed by atoms with Crippen molar-refractivity contribution in [3.8, 4) is 6.07 Å². The van der Waals surface area contributed by atoms with E-state index in [0.717, 1.165) is 10.5 Å². The molecule has 1 saturated heterocycles. The number of urea groups is 1. The Kier molecular flexibility index (Phi) is 4.65. The van der Waals surface area contributed by atoms with Gasteiger partial charge in [-0.25, -0.2) is 4.79 Å². The van der Waals surface area contributed by atoms with Gasteiger partial charge in [-0.1, -0.05) is 29.8 Å². The number of amides is 4. The van der Waals surface area contributed by atoms with Crippen molar-refractivity contribution < 1.29 is 14.4 Å². The van der Waals surface area contributed by atoms with Crippen LogP contribution in [-0.4, -0.2) is 29.3 Å². The van der Waals surface area contributed by atoms with Crippen molar-refractivity contribution in [1.82, 2.24) is 10.2 Å². The number of benzene rings is 2. The summed E-state index contributed by atoms with van der Waals surface area (Å²) < 4.78 is 0. The molecule has 136 valence electrons. The fourth-order valence-corrected chi connectivity index (χ4v) is 2.90. The highest BCUT2D eigenvalue weighted by atomic mass is 16.2. The standard InChI is InChI=1S/C20H18N4O3/c1-13-3-7-15(8-4-13)20(2)18(26)24(19(27)23-20)12-17(25)22-16-9-5-14(11-21)6-10-16/h3-10H,12H2,1-2H3,(H,22,25)(H,23,27)/t20-/m1/s1. The Hall–Kier alpha value is -3.66. The molecule has 1 heterocycles. The number of hydrogen-bond donors (Lipinski definition) is 2. The zero-order chi connectivity index (χ0) is 19.6. The molecule has 27 heavy (non-hydrogen) atoms. The number of nitriles is 1. The van der Waals surface area contributed by atoms with Crippen molar-refractivity contribution in [1.29, 1.82) is 5.26 Å². The molecule has 7 heteroatoms. The number of carbonyl (C=O) groups excluding carboxylic acids is 3. The van der Waals surface area contributed by atoms with Gasteiger partial charge in [0.2, 0.25) is 5.91 Å². The van der Waals surface area contributed by atoms with Gasteiger partial charge >= 0.3 is 6.03 Å². The second kappa shape index (κ2) is 6.92. The van der Waals surface area contributed by atoms with Gasteiger partial charge in [-0.3, -0.25) is 14.5 Å². The maximum atomic E-state index is 12.8. The summed E-state index contributed by atoms with van der Waals surface area (Å²) in [6.07, 6.45) is 0. The van der Waals surface area contributed by atoms with Crippen LogP contribution in [0.25, 0.3) is 0 Å². The first kappa shape index (κ1) is 18.1. The Labute approximate surface area is 156 Å². The SMILES string of the molecule is Cc1ccc([C@@]2(C)NC(=O)N(CC(=O)Nc3ccc(C#N)cc3)C2=O)cc1. The van der Waals surface area contributed by atoms with Gasteiger partial charge < -0.3 is 10.6 Å². The molecule has 0 bridgehead atoms. The van der Waals surface area contributed by atoms with Crippen molar-refractivity contribution in [3.63, 3.8) is 0 Å². The predicted octanol–water partition coefficient (Wildman–Crippen LogP) is 2.27. The Morgan fingerprint density at radius 1 is 1.15 bits per heavy atom. The summed E-state index contributed by atoms with van der Waals surface area (Å²) in [5, 5.41) is 14.1. The van der Waals surface area contributed by atoms with Gasteiger partial charge in [-0.15, -0.1) is 0 Å². The Morgan fingerprint density at radius 3 is 2.37 bits per heavy atom. The summed E-state index contributed by atoms with van der Waals surface area (Å²) >= 11 is 0. The number of hydrogen-bond acceptors (Lipinski definition) is 4. The van der Waals surface area contributed by atoms with Crippen LogP contribution >= 0.6 is 0 Å². The predicted molar refractivity (Wildman–Crippen MR) is 98.6 cm³/mol. The van der Waals surface area contributed by atoms with Gasteiger partial charge in [0.05, 0.1) is 11.6 Å². The number of aryl methyl sites for hydroxylation is 1. The van der Waals surface area contributed by atoms with Crippen LogP contribution in [0.3, 0.4) is 0 Å². The van der Waals surface area contributed by atoms with Crippen molar-refractivity contribution in [2.45, 2.75) is 19.4 Å². The van der Waals surface area contributed by atoms with Crippen molar-refractivity contribution in [2.24, 2.45) is 0 Å². The summed E-state index contributed by atoms with van der Waals surface area (Å²) in [5.41, 5.74) is 1.43. The Balaban J connectivity index is 1.72. The van der Waals surface area contributed by atoms with Gasteiger partial charge in [0.1, 0.15) is 12.1 Å². The fourth-order valence-electron chi connectivity index (χ4n) is 2.90. The van der Waals surface area contributed by atoms with E-state index < -0.39 is 29.9 Å². The van der Waals surface area contributed by atoms with Crippen LogP contribution in [0.4, 0.5) is 10.5 Å². The summed E-state index contributed by atoms with van der Waals surface area (Å²) in [4.78, 5) is 38.3. The van der Waals surface area contributed by atoms with E-state index >= 15 is 0 Å². The fraction of sp³-hybridized carbons (Fsp3) is 0.200. The average molecular weight is 362 g/mol. The maximum absolute atomic E-state index is 12.8. The van der Waals surface area contributed by atoms with Crippen LogP contribution in [0.1, 0.15) is 23.6 Å². The number of carbonyl (C=O) groups is 3. The first-order chi connectivity index (χ1) is 12.8. The minimum Gasteiger partial charge on any atom is -0.325 e. The molecule has 0 aliphatic carbocycles. The lowest BCUT2D eigenvalue weighted by atomic mass is 9.91. The minimum absolute atomic E-state index is 0.397. The zero-order valence-electron chi connectivity index (χ0n) is 14.9. The molecule has 2 aromatic rings. The van der Waals surface area contributed by atoms with Gasteiger partial charge in [-0.2, -0.15) is 5.26 Å². The first-order valence-electron chi connectivity index (χ1n) is 8.35. The smallest absolute Gasteiger partial charge is 0.325 e. The van der Waals surface area contributed by atoms with Crippen molar-refractivity contribution in [3.05, 3.63) is 65.2 Å². The van der Waals surface area contributed by atoms with Gasteiger partial charge in [0, 0.05) is 5.69 Å². The molecule has 2 N–H and O–H groups in total. The summed E-state index contributed by atoms with van der Waals surface area (Å²) in [7, 11) is 0. The third-order valence-electron chi connectivity index (χ3n) is 4.50. The Bertz CT molecular complexity index is 945. The van der Waals surface area contributed by atoms with Gasteiger partial charge in [0.25, 0.3) is 5.91 Å². The van der Waals surface area contributed by atoms with Crippen molar-refractivity contribution >= 4 is 23.5 Å². The molecule has 4 amide bonds. The number of rotatable bonds is 4.